The third-order valence-electron chi connectivity index (χ3n) is 3.17. The minimum Gasteiger partial charge on any atom is -0.381 e. The second kappa shape index (κ2) is 5.75. The molecule has 0 fully saturated rings. The molecule has 3 aromatic rings. The SMILES string of the molecule is Fc1ccc(CNc2ccc(-c3cnc[nH]3)cc2)cc1F. The van der Waals surface area contributed by atoms with Gasteiger partial charge in [-0.3, -0.25) is 0 Å². The predicted octanol–water partition coefficient (Wildman–Crippen LogP) is 3.97. The van der Waals surface area contributed by atoms with Crippen molar-refractivity contribution in [2.24, 2.45) is 0 Å². The van der Waals surface area contributed by atoms with Gasteiger partial charge in [0.1, 0.15) is 0 Å². The number of hydrogen-bond acceptors (Lipinski definition) is 2. The number of H-pyrrole nitrogens is 1. The fourth-order valence-electron chi connectivity index (χ4n) is 2.04. The van der Waals surface area contributed by atoms with Gasteiger partial charge in [-0.1, -0.05) is 18.2 Å². The summed E-state index contributed by atoms with van der Waals surface area (Å²) in [7, 11) is 0. The maximum atomic E-state index is 13.1. The Morgan fingerprint density at radius 3 is 2.48 bits per heavy atom. The minimum absolute atomic E-state index is 0.431. The lowest BCUT2D eigenvalue weighted by Gasteiger charge is -2.07. The standard InChI is InChI=1S/C16H13F2N3/c17-14-6-1-11(7-15(14)18)8-20-13-4-2-12(3-5-13)16-9-19-10-21-16/h1-7,9-10,20H,8H2,(H,19,21). The molecular weight excluding hydrogens is 272 g/mol. The van der Waals surface area contributed by atoms with Crippen molar-refractivity contribution in [2.45, 2.75) is 6.54 Å². The lowest BCUT2D eigenvalue weighted by Crippen LogP contribution is -2.00. The van der Waals surface area contributed by atoms with Crippen molar-refractivity contribution < 1.29 is 8.78 Å². The Balaban J connectivity index is 1.66. The van der Waals surface area contributed by atoms with Gasteiger partial charge in [-0.25, -0.2) is 13.8 Å². The zero-order valence-electron chi connectivity index (χ0n) is 11.1. The molecule has 3 rings (SSSR count). The van der Waals surface area contributed by atoms with Crippen LogP contribution in [0.3, 0.4) is 0 Å². The van der Waals surface area contributed by atoms with Gasteiger partial charge in [-0.2, -0.15) is 0 Å². The van der Waals surface area contributed by atoms with Gasteiger partial charge in [-0.15, -0.1) is 0 Å². The molecule has 2 N–H and O–H groups in total. The molecule has 0 bridgehead atoms. The molecule has 0 spiro atoms. The first-order chi connectivity index (χ1) is 10.2. The lowest BCUT2D eigenvalue weighted by atomic mass is 10.1. The van der Waals surface area contributed by atoms with E-state index >= 15 is 0 Å². The minimum atomic E-state index is -0.831. The van der Waals surface area contributed by atoms with E-state index < -0.39 is 11.6 Å². The van der Waals surface area contributed by atoms with Gasteiger partial charge in [0.15, 0.2) is 11.6 Å². The Hall–Kier alpha value is -2.69. The Morgan fingerprint density at radius 2 is 1.81 bits per heavy atom. The van der Waals surface area contributed by atoms with Crippen LogP contribution in [0, 0.1) is 11.6 Å². The zero-order chi connectivity index (χ0) is 14.7. The molecule has 21 heavy (non-hydrogen) atoms. The van der Waals surface area contributed by atoms with E-state index in [2.05, 4.69) is 15.3 Å². The smallest absolute Gasteiger partial charge is 0.159 e. The van der Waals surface area contributed by atoms with Crippen LogP contribution in [0.25, 0.3) is 11.3 Å². The molecule has 0 atom stereocenters. The molecule has 0 saturated heterocycles. The quantitative estimate of drug-likeness (QED) is 0.761. The molecular formula is C16H13F2N3. The van der Waals surface area contributed by atoms with Gasteiger partial charge in [0.25, 0.3) is 0 Å². The van der Waals surface area contributed by atoms with E-state index in [1.807, 2.05) is 24.3 Å². The summed E-state index contributed by atoms with van der Waals surface area (Å²) in [6.07, 6.45) is 3.38. The summed E-state index contributed by atoms with van der Waals surface area (Å²) in [5.41, 5.74) is 3.57. The zero-order valence-corrected chi connectivity index (χ0v) is 11.1. The summed E-state index contributed by atoms with van der Waals surface area (Å²) in [5, 5.41) is 3.17. The second-order valence-electron chi connectivity index (χ2n) is 4.64. The van der Waals surface area contributed by atoms with Crippen molar-refractivity contribution in [3.05, 3.63) is 72.2 Å². The molecule has 0 unspecified atom stereocenters. The van der Waals surface area contributed by atoms with Crippen molar-refractivity contribution in [3.63, 3.8) is 0 Å². The van der Waals surface area contributed by atoms with E-state index in [4.69, 9.17) is 0 Å². The average molecular weight is 285 g/mol. The molecule has 2 aromatic carbocycles. The normalized spacial score (nSPS) is 10.6. The maximum Gasteiger partial charge on any atom is 0.159 e. The van der Waals surface area contributed by atoms with Crippen molar-refractivity contribution in [1.82, 2.24) is 9.97 Å². The molecule has 106 valence electrons. The van der Waals surface area contributed by atoms with E-state index in [1.165, 1.54) is 6.07 Å². The molecule has 0 radical (unpaired) electrons. The van der Waals surface area contributed by atoms with Gasteiger partial charge in [0.2, 0.25) is 0 Å². The van der Waals surface area contributed by atoms with Crippen LogP contribution >= 0.6 is 0 Å². The van der Waals surface area contributed by atoms with Gasteiger partial charge in [-0.05, 0) is 35.4 Å². The molecule has 0 amide bonds. The summed E-state index contributed by atoms with van der Waals surface area (Å²) in [5.74, 6) is -1.66. The number of nitrogens with zero attached hydrogens (tertiary/aromatic N) is 1. The van der Waals surface area contributed by atoms with Crippen LogP contribution in [0.15, 0.2) is 55.0 Å². The number of halogens is 2. The average Bonchev–Trinajstić information content (AvgIpc) is 3.03. The molecule has 5 heteroatoms. The van der Waals surface area contributed by atoms with Crippen LogP contribution in [0.4, 0.5) is 14.5 Å². The monoisotopic (exact) mass is 285 g/mol. The summed E-state index contributed by atoms with van der Waals surface area (Å²) < 4.78 is 25.9. The summed E-state index contributed by atoms with van der Waals surface area (Å²) in [6, 6.07) is 11.7. The summed E-state index contributed by atoms with van der Waals surface area (Å²) in [6.45, 7) is 0.431. The first-order valence-corrected chi connectivity index (χ1v) is 6.49. The number of anilines is 1. The van der Waals surface area contributed by atoms with Gasteiger partial charge in [0.05, 0.1) is 18.2 Å². The molecule has 0 aliphatic rings. The molecule has 1 aromatic heterocycles. The third-order valence-corrected chi connectivity index (χ3v) is 3.17. The lowest BCUT2D eigenvalue weighted by molar-refractivity contribution is 0.507. The van der Waals surface area contributed by atoms with Crippen molar-refractivity contribution in [2.75, 3.05) is 5.32 Å². The van der Waals surface area contributed by atoms with E-state index in [0.29, 0.717) is 12.1 Å². The Labute approximate surface area is 120 Å². The van der Waals surface area contributed by atoms with Gasteiger partial charge in [0, 0.05) is 12.2 Å². The largest absolute Gasteiger partial charge is 0.381 e. The molecule has 3 nitrogen and oxygen atoms in total. The van der Waals surface area contributed by atoms with Crippen LogP contribution in [0.2, 0.25) is 0 Å². The topological polar surface area (TPSA) is 40.7 Å². The molecule has 0 aliphatic carbocycles. The van der Waals surface area contributed by atoms with Crippen LogP contribution in [-0.4, -0.2) is 9.97 Å². The number of imidazole rings is 1. The highest BCUT2D eigenvalue weighted by atomic mass is 19.2. The molecule has 1 heterocycles. The van der Waals surface area contributed by atoms with Crippen LogP contribution < -0.4 is 5.32 Å². The number of aromatic amines is 1. The van der Waals surface area contributed by atoms with Gasteiger partial charge >= 0.3 is 0 Å². The number of benzene rings is 2. The van der Waals surface area contributed by atoms with Crippen LogP contribution in [0.1, 0.15) is 5.56 Å². The predicted molar refractivity (Wildman–Crippen MR) is 77.7 cm³/mol. The van der Waals surface area contributed by atoms with Crippen LogP contribution in [0.5, 0.6) is 0 Å². The van der Waals surface area contributed by atoms with Crippen molar-refractivity contribution >= 4 is 5.69 Å². The first-order valence-electron chi connectivity index (χ1n) is 6.49. The first kappa shape index (κ1) is 13.3. The Morgan fingerprint density at radius 1 is 1.00 bits per heavy atom. The fourth-order valence-corrected chi connectivity index (χ4v) is 2.04. The van der Waals surface area contributed by atoms with E-state index in [-0.39, 0.29) is 0 Å². The Kier molecular flexibility index (Phi) is 3.64. The fraction of sp³-hybridized carbons (Fsp3) is 0.0625. The van der Waals surface area contributed by atoms with Crippen LogP contribution in [-0.2, 0) is 6.54 Å². The molecule has 0 aliphatic heterocycles. The van der Waals surface area contributed by atoms with E-state index in [1.54, 1.807) is 18.6 Å². The summed E-state index contributed by atoms with van der Waals surface area (Å²) >= 11 is 0. The third kappa shape index (κ3) is 3.08. The maximum absolute atomic E-state index is 13.1. The highest BCUT2D eigenvalue weighted by Crippen LogP contribution is 2.19. The van der Waals surface area contributed by atoms with Gasteiger partial charge < -0.3 is 10.3 Å². The summed E-state index contributed by atoms with van der Waals surface area (Å²) in [4.78, 5) is 7.01. The van der Waals surface area contributed by atoms with Crippen molar-refractivity contribution in [1.29, 1.82) is 0 Å². The molecule has 0 saturated carbocycles. The second-order valence-corrected chi connectivity index (χ2v) is 4.64. The number of nitrogens with one attached hydrogen (secondary N) is 2. The van der Waals surface area contributed by atoms with E-state index in [9.17, 15) is 8.78 Å². The number of aromatic nitrogens is 2. The Bertz CT molecular complexity index is 722. The number of rotatable bonds is 4. The number of hydrogen-bond donors (Lipinski definition) is 2. The highest BCUT2D eigenvalue weighted by molar-refractivity contribution is 5.61. The van der Waals surface area contributed by atoms with E-state index in [0.717, 1.165) is 23.0 Å². The highest BCUT2D eigenvalue weighted by Gasteiger charge is 2.03. The van der Waals surface area contributed by atoms with Crippen molar-refractivity contribution in [3.8, 4) is 11.3 Å².